The lowest BCUT2D eigenvalue weighted by Gasteiger charge is -2.24. The van der Waals surface area contributed by atoms with Gasteiger partial charge in [0.25, 0.3) is 5.82 Å². The van der Waals surface area contributed by atoms with E-state index in [1.165, 1.54) is 18.8 Å². The van der Waals surface area contributed by atoms with Gasteiger partial charge in [-0.2, -0.15) is 0 Å². The minimum absolute atomic E-state index is 0.270. The first-order valence-electron chi connectivity index (χ1n) is 7.83. The van der Waals surface area contributed by atoms with Crippen LogP contribution in [0.3, 0.4) is 0 Å². The highest BCUT2D eigenvalue weighted by Gasteiger charge is 2.17. The Balaban J connectivity index is 1.62. The maximum Gasteiger partial charge on any atom is 0.288 e. The van der Waals surface area contributed by atoms with Gasteiger partial charge in [0, 0.05) is 18.7 Å². The summed E-state index contributed by atoms with van der Waals surface area (Å²) in [6, 6.07) is 2.39. The average molecular weight is 320 g/mol. The Kier molecular flexibility index (Phi) is 3.76. The minimum Gasteiger partial charge on any atom is -0.359 e. The van der Waals surface area contributed by atoms with E-state index in [4.69, 9.17) is 6.57 Å². The number of rotatable bonds is 3. The lowest BCUT2D eigenvalue weighted by Crippen LogP contribution is -2.31. The number of hydrogen-bond acceptors (Lipinski definition) is 6. The number of fused-ring (bicyclic) bond motifs is 1. The van der Waals surface area contributed by atoms with Crippen molar-refractivity contribution in [1.82, 2.24) is 29.8 Å². The second-order valence-electron chi connectivity index (χ2n) is 5.71. The van der Waals surface area contributed by atoms with Gasteiger partial charge in [-0.15, -0.1) is 4.98 Å². The standard InChI is InChI=1S/C16H16N8/c1-17-15-8-21-16(9-20-15)23-14-5-13-12(7-19-14)22-10-24(13)11-3-2-4-18-6-11/h5,7-11,18H,2-4,6H2,(H,19,21,23). The van der Waals surface area contributed by atoms with Crippen LogP contribution in [-0.4, -0.2) is 37.6 Å². The fourth-order valence-electron chi connectivity index (χ4n) is 2.94. The zero-order valence-corrected chi connectivity index (χ0v) is 13.0. The molecule has 1 atom stereocenters. The van der Waals surface area contributed by atoms with E-state index in [9.17, 15) is 0 Å². The molecule has 8 nitrogen and oxygen atoms in total. The normalized spacial score (nSPS) is 17.5. The zero-order chi connectivity index (χ0) is 16.4. The van der Waals surface area contributed by atoms with Crippen molar-refractivity contribution in [3.8, 4) is 0 Å². The molecule has 1 fully saturated rings. The number of nitrogens with zero attached hydrogens (tertiary/aromatic N) is 6. The van der Waals surface area contributed by atoms with Crippen molar-refractivity contribution >= 4 is 28.5 Å². The second-order valence-corrected chi connectivity index (χ2v) is 5.71. The van der Waals surface area contributed by atoms with Crippen LogP contribution in [0.2, 0.25) is 0 Å². The van der Waals surface area contributed by atoms with Gasteiger partial charge < -0.3 is 20.0 Å². The van der Waals surface area contributed by atoms with E-state index in [-0.39, 0.29) is 5.82 Å². The van der Waals surface area contributed by atoms with Gasteiger partial charge in [0.2, 0.25) is 0 Å². The molecule has 3 aromatic rings. The van der Waals surface area contributed by atoms with Gasteiger partial charge >= 0.3 is 0 Å². The summed E-state index contributed by atoms with van der Waals surface area (Å²) in [5.41, 5.74) is 1.92. The van der Waals surface area contributed by atoms with E-state index in [1.807, 2.05) is 12.4 Å². The van der Waals surface area contributed by atoms with Crippen LogP contribution in [0.15, 0.2) is 31.0 Å². The van der Waals surface area contributed by atoms with Crippen molar-refractivity contribution < 1.29 is 0 Å². The van der Waals surface area contributed by atoms with Gasteiger partial charge in [-0.1, -0.05) is 6.57 Å². The lowest BCUT2D eigenvalue weighted by molar-refractivity contribution is 0.378. The van der Waals surface area contributed by atoms with Gasteiger partial charge in [0.1, 0.15) is 11.3 Å². The van der Waals surface area contributed by atoms with Crippen LogP contribution in [0.4, 0.5) is 17.5 Å². The predicted molar refractivity (Wildman–Crippen MR) is 90.2 cm³/mol. The number of piperidine rings is 1. The molecule has 1 aliphatic rings. The molecule has 8 heteroatoms. The summed E-state index contributed by atoms with van der Waals surface area (Å²) in [5, 5.41) is 6.55. The Morgan fingerprint density at radius 3 is 2.83 bits per heavy atom. The number of hydrogen-bond donors (Lipinski definition) is 2. The van der Waals surface area contributed by atoms with Crippen molar-refractivity contribution in [2.24, 2.45) is 0 Å². The number of aromatic nitrogens is 5. The number of anilines is 2. The highest BCUT2D eigenvalue weighted by molar-refractivity contribution is 5.78. The van der Waals surface area contributed by atoms with Crippen molar-refractivity contribution in [2.45, 2.75) is 18.9 Å². The van der Waals surface area contributed by atoms with Crippen LogP contribution in [0.25, 0.3) is 15.9 Å². The molecule has 4 rings (SSSR count). The van der Waals surface area contributed by atoms with Crippen LogP contribution in [0, 0.1) is 6.57 Å². The monoisotopic (exact) mass is 320 g/mol. The average Bonchev–Trinajstić information content (AvgIpc) is 3.06. The first-order valence-corrected chi connectivity index (χ1v) is 7.83. The van der Waals surface area contributed by atoms with E-state index in [1.54, 1.807) is 6.20 Å². The third-order valence-electron chi connectivity index (χ3n) is 4.13. The predicted octanol–water partition coefficient (Wildman–Crippen LogP) is 2.44. The van der Waals surface area contributed by atoms with Crippen LogP contribution >= 0.6 is 0 Å². The number of nitrogens with one attached hydrogen (secondary N) is 2. The first kappa shape index (κ1) is 14.5. The first-order chi connectivity index (χ1) is 11.8. The molecule has 0 aliphatic carbocycles. The summed E-state index contributed by atoms with van der Waals surface area (Å²) in [7, 11) is 0. The topological polar surface area (TPSA) is 84.9 Å². The Hall–Kier alpha value is -3.05. The summed E-state index contributed by atoms with van der Waals surface area (Å²) >= 11 is 0. The molecule has 0 aromatic carbocycles. The smallest absolute Gasteiger partial charge is 0.288 e. The fourth-order valence-corrected chi connectivity index (χ4v) is 2.94. The Labute approximate surface area is 138 Å². The van der Waals surface area contributed by atoms with Crippen molar-refractivity contribution in [3.05, 3.63) is 42.4 Å². The highest BCUT2D eigenvalue weighted by atomic mass is 15.1. The maximum atomic E-state index is 6.90. The molecular weight excluding hydrogens is 304 g/mol. The van der Waals surface area contributed by atoms with Crippen molar-refractivity contribution in [1.29, 1.82) is 0 Å². The molecule has 0 spiro atoms. The number of pyridine rings is 1. The third-order valence-corrected chi connectivity index (χ3v) is 4.13. The van der Waals surface area contributed by atoms with Gasteiger partial charge in [0.05, 0.1) is 24.2 Å². The molecule has 1 aliphatic heterocycles. The molecule has 0 bridgehead atoms. The molecular formula is C16H16N8. The van der Waals surface area contributed by atoms with E-state index in [2.05, 4.69) is 40.0 Å². The molecule has 3 aromatic heterocycles. The van der Waals surface area contributed by atoms with E-state index >= 15 is 0 Å². The Morgan fingerprint density at radius 1 is 1.17 bits per heavy atom. The van der Waals surface area contributed by atoms with E-state index in [0.717, 1.165) is 30.5 Å². The lowest BCUT2D eigenvalue weighted by atomic mass is 10.1. The molecule has 24 heavy (non-hydrogen) atoms. The Morgan fingerprint density at radius 2 is 2.08 bits per heavy atom. The van der Waals surface area contributed by atoms with Crippen LogP contribution < -0.4 is 10.6 Å². The van der Waals surface area contributed by atoms with E-state index in [0.29, 0.717) is 17.7 Å². The summed E-state index contributed by atoms with van der Waals surface area (Å²) in [4.78, 5) is 20.2. The molecule has 0 radical (unpaired) electrons. The van der Waals surface area contributed by atoms with Crippen LogP contribution in [0.1, 0.15) is 18.9 Å². The maximum absolute atomic E-state index is 6.90. The molecule has 1 saturated heterocycles. The molecule has 4 heterocycles. The molecule has 120 valence electrons. The largest absolute Gasteiger partial charge is 0.359 e. The summed E-state index contributed by atoms with van der Waals surface area (Å²) in [5.74, 6) is 1.50. The Bertz CT molecular complexity index is 887. The van der Waals surface area contributed by atoms with Gasteiger partial charge in [-0.25, -0.2) is 15.0 Å². The van der Waals surface area contributed by atoms with Crippen LogP contribution in [-0.2, 0) is 0 Å². The van der Waals surface area contributed by atoms with Crippen molar-refractivity contribution in [3.63, 3.8) is 0 Å². The minimum atomic E-state index is 0.270. The fraction of sp³-hybridized carbons (Fsp3) is 0.312. The highest BCUT2D eigenvalue weighted by Crippen LogP contribution is 2.24. The molecule has 2 N–H and O–H groups in total. The summed E-state index contributed by atoms with van der Waals surface area (Å²) < 4.78 is 2.21. The SMILES string of the molecule is [C-]#[N+]c1cnc(Nc2cc3c(cn2)ncn3C2CCCNC2)cn1. The van der Waals surface area contributed by atoms with Gasteiger partial charge in [-0.05, 0) is 19.4 Å². The van der Waals surface area contributed by atoms with Crippen molar-refractivity contribution in [2.75, 3.05) is 18.4 Å². The molecule has 0 saturated carbocycles. The van der Waals surface area contributed by atoms with E-state index < -0.39 is 0 Å². The summed E-state index contributed by atoms with van der Waals surface area (Å²) in [6.07, 6.45) is 8.92. The summed E-state index contributed by atoms with van der Waals surface area (Å²) in [6.45, 7) is 8.94. The van der Waals surface area contributed by atoms with Gasteiger partial charge in [-0.3, -0.25) is 0 Å². The van der Waals surface area contributed by atoms with Gasteiger partial charge in [0.15, 0.2) is 12.0 Å². The molecule has 1 unspecified atom stereocenters. The third kappa shape index (κ3) is 2.77. The van der Waals surface area contributed by atoms with Crippen LogP contribution in [0.5, 0.6) is 0 Å². The molecule has 0 amide bonds. The number of imidazole rings is 1. The zero-order valence-electron chi connectivity index (χ0n) is 13.0. The second kappa shape index (κ2) is 6.22. The quantitative estimate of drug-likeness (QED) is 0.721.